The zero-order valence-electron chi connectivity index (χ0n) is 18.7. The highest BCUT2D eigenvalue weighted by atomic mass is 35.5. The van der Waals surface area contributed by atoms with E-state index in [0.717, 1.165) is 27.8 Å². The number of aromatic amines is 1. The average Bonchev–Trinajstić information content (AvgIpc) is 3.56. The zero-order valence-corrected chi connectivity index (χ0v) is 20.3. The summed E-state index contributed by atoms with van der Waals surface area (Å²) in [6, 6.07) is 15.5. The number of alkyl halides is 1. The predicted molar refractivity (Wildman–Crippen MR) is 136 cm³/mol. The first-order chi connectivity index (χ1) is 17.2. The van der Waals surface area contributed by atoms with Crippen LogP contribution < -0.4 is 16.4 Å². The number of nitrogens with two attached hydrogens (primary N) is 1. The van der Waals surface area contributed by atoms with Gasteiger partial charge in [0.2, 0.25) is 5.00 Å². The van der Waals surface area contributed by atoms with E-state index in [-0.39, 0.29) is 28.1 Å². The summed E-state index contributed by atoms with van der Waals surface area (Å²) < 4.78 is 0. The predicted octanol–water partition coefficient (Wildman–Crippen LogP) is 3.10. The second-order valence-electron chi connectivity index (χ2n) is 7.96. The molecule has 0 radical (unpaired) electrons. The minimum atomic E-state index is -2.15. The van der Waals surface area contributed by atoms with E-state index in [0.29, 0.717) is 0 Å². The van der Waals surface area contributed by atoms with Crippen LogP contribution in [0.5, 0.6) is 0 Å². The molecule has 0 spiro atoms. The molecule has 4 rings (SSSR count). The van der Waals surface area contributed by atoms with Crippen LogP contribution in [0.15, 0.2) is 66.2 Å². The van der Waals surface area contributed by atoms with E-state index in [1.165, 1.54) is 11.4 Å². The summed E-state index contributed by atoms with van der Waals surface area (Å²) >= 11 is 6.64. The first-order valence-corrected chi connectivity index (χ1v) is 12.0. The van der Waals surface area contributed by atoms with Crippen molar-refractivity contribution in [2.45, 2.75) is 11.5 Å². The fourth-order valence-electron chi connectivity index (χ4n) is 3.56. The number of rotatable bonds is 9. The number of carbonyl (C=O) groups excluding carboxylic acids is 3. The van der Waals surface area contributed by atoms with Gasteiger partial charge in [0.1, 0.15) is 0 Å². The number of carboxylic acid groups (broad SMARTS) is 1. The first-order valence-electron chi connectivity index (χ1n) is 10.7. The Bertz CT molecular complexity index is 1480. The number of ketones is 1. The number of halogens is 1. The summed E-state index contributed by atoms with van der Waals surface area (Å²) in [5.41, 5.74) is 7.90. The summed E-state index contributed by atoms with van der Waals surface area (Å²) in [7, 11) is 0. The van der Waals surface area contributed by atoms with Gasteiger partial charge in [0.15, 0.2) is 5.78 Å². The van der Waals surface area contributed by atoms with E-state index in [4.69, 9.17) is 22.4 Å². The van der Waals surface area contributed by atoms with Gasteiger partial charge in [-0.3, -0.25) is 14.4 Å². The van der Waals surface area contributed by atoms with Crippen LogP contribution in [0, 0.1) is 0 Å². The molecule has 11 heteroatoms. The minimum absolute atomic E-state index is 0.165. The van der Waals surface area contributed by atoms with Gasteiger partial charge in [-0.2, -0.15) is 0 Å². The molecular formula is C25H21ClN4O5S. The lowest BCUT2D eigenvalue weighted by Gasteiger charge is -2.16. The highest BCUT2D eigenvalue weighted by Gasteiger charge is 2.32. The molecule has 6 N–H and O–H groups in total. The SMILES string of the molecule is N[C@@](Cl)(CNC(=O)c1cc(C(=O)c2ccccc2C(=O)NCc2cccc3[nH]ccc23)cs1)C(=O)O. The molecular weight excluding hydrogens is 504 g/mol. The minimum Gasteiger partial charge on any atom is -0.479 e. The van der Waals surface area contributed by atoms with Crippen LogP contribution in [0.25, 0.3) is 10.9 Å². The summed E-state index contributed by atoms with van der Waals surface area (Å²) in [5, 5.41) is 16.7. The van der Waals surface area contributed by atoms with Crippen LogP contribution >= 0.6 is 22.9 Å². The van der Waals surface area contributed by atoms with E-state index in [1.54, 1.807) is 24.3 Å². The van der Waals surface area contributed by atoms with Crippen molar-refractivity contribution in [2.24, 2.45) is 5.73 Å². The van der Waals surface area contributed by atoms with Crippen molar-refractivity contribution in [3.05, 3.63) is 93.3 Å². The number of benzene rings is 2. The van der Waals surface area contributed by atoms with Gasteiger partial charge >= 0.3 is 5.97 Å². The number of H-pyrrole nitrogens is 1. The number of amides is 2. The average molecular weight is 525 g/mol. The largest absolute Gasteiger partial charge is 0.479 e. The number of aliphatic carboxylic acids is 1. The van der Waals surface area contributed by atoms with Gasteiger partial charge in [-0.15, -0.1) is 11.3 Å². The number of carboxylic acids is 1. The van der Waals surface area contributed by atoms with Crippen LogP contribution in [0.1, 0.15) is 41.5 Å². The third kappa shape index (κ3) is 5.30. The van der Waals surface area contributed by atoms with Crippen molar-refractivity contribution in [2.75, 3.05) is 6.54 Å². The van der Waals surface area contributed by atoms with E-state index in [1.807, 2.05) is 30.5 Å². The van der Waals surface area contributed by atoms with Gasteiger partial charge in [-0.25, -0.2) is 4.79 Å². The first kappa shape index (κ1) is 25.1. The second-order valence-corrected chi connectivity index (χ2v) is 9.55. The fourth-order valence-corrected chi connectivity index (χ4v) is 4.43. The van der Waals surface area contributed by atoms with Gasteiger partial charge in [0.05, 0.1) is 17.0 Å². The van der Waals surface area contributed by atoms with Crippen molar-refractivity contribution in [1.29, 1.82) is 0 Å². The van der Waals surface area contributed by atoms with Gasteiger partial charge < -0.3 is 26.5 Å². The molecule has 0 unspecified atom stereocenters. The molecule has 2 amide bonds. The Morgan fingerprint density at radius 3 is 2.50 bits per heavy atom. The molecule has 2 aromatic heterocycles. The zero-order chi connectivity index (χ0) is 25.9. The molecule has 0 saturated heterocycles. The molecule has 4 aromatic rings. The molecule has 36 heavy (non-hydrogen) atoms. The number of hydrogen-bond acceptors (Lipinski definition) is 6. The molecule has 0 saturated carbocycles. The van der Waals surface area contributed by atoms with Crippen LogP contribution in [0.2, 0.25) is 0 Å². The van der Waals surface area contributed by atoms with E-state index in [9.17, 15) is 19.2 Å². The number of nitrogens with one attached hydrogen (secondary N) is 3. The number of thiophene rings is 1. The Morgan fingerprint density at radius 2 is 1.75 bits per heavy atom. The Labute approximate surface area is 214 Å². The quantitative estimate of drug-likeness (QED) is 0.129. The molecule has 184 valence electrons. The molecule has 0 aliphatic heterocycles. The van der Waals surface area contributed by atoms with Gasteiger partial charge in [-0.1, -0.05) is 41.9 Å². The highest BCUT2D eigenvalue weighted by Crippen LogP contribution is 2.22. The van der Waals surface area contributed by atoms with Gasteiger partial charge in [0.25, 0.3) is 11.8 Å². The molecule has 0 fully saturated rings. The summed E-state index contributed by atoms with van der Waals surface area (Å²) in [4.78, 5) is 50.7. The van der Waals surface area contributed by atoms with Crippen molar-refractivity contribution in [3.8, 4) is 0 Å². The van der Waals surface area contributed by atoms with E-state index < -0.39 is 35.1 Å². The molecule has 0 aliphatic rings. The fraction of sp³-hybridized carbons (Fsp3) is 0.120. The number of carbonyl (C=O) groups is 4. The van der Waals surface area contributed by atoms with Gasteiger partial charge in [0, 0.05) is 40.2 Å². The Balaban J connectivity index is 1.47. The lowest BCUT2D eigenvalue weighted by Crippen LogP contribution is -2.51. The van der Waals surface area contributed by atoms with E-state index >= 15 is 0 Å². The van der Waals surface area contributed by atoms with Crippen LogP contribution in [-0.4, -0.2) is 45.2 Å². The third-order valence-corrected chi connectivity index (χ3v) is 6.71. The standard InChI is InChI=1S/C25H21ClN4O5S/c26-25(27,24(34)35)13-30-23(33)20-10-15(12-36-20)21(31)17-5-1-2-6-18(17)22(32)29-11-14-4-3-7-19-16(14)8-9-28-19/h1-10,12,28H,11,13,27H2,(H,29,32)(H,30,33)(H,34,35)/t25-/m0/s1. The maximum absolute atomic E-state index is 13.2. The molecule has 0 bridgehead atoms. The lowest BCUT2D eigenvalue weighted by molar-refractivity contribution is -0.139. The maximum atomic E-state index is 13.2. The topological polar surface area (TPSA) is 154 Å². The molecule has 2 heterocycles. The lowest BCUT2D eigenvalue weighted by atomic mass is 9.99. The monoisotopic (exact) mass is 524 g/mol. The van der Waals surface area contributed by atoms with Crippen molar-refractivity contribution in [3.63, 3.8) is 0 Å². The van der Waals surface area contributed by atoms with Crippen molar-refractivity contribution >= 4 is 57.4 Å². The summed E-state index contributed by atoms with van der Waals surface area (Å²) in [6.45, 7) is -0.234. The van der Waals surface area contributed by atoms with Crippen LogP contribution in [0.4, 0.5) is 0 Å². The molecule has 0 aliphatic carbocycles. The molecule has 2 aromatic carbocycles. The Morgan fingerprint density at radius 1 is 1.00 bits per heavy atom. The molecule has 9 nitrogen and oxygen atoms in total. The number of hydrogen-bond donors (Lipinski definition) is 5. The summed E-state index contributed by atoms with van der Waals surface area (Å²) in [5.74, 6) is -2.94. The smallest absolute Gasteiger partial charge is 0.341 e. The third-order valence-electron chi connectivity index (χ3n) is 5.49. The van der Waals surface area contributed by atoms with Crippen LogP contribution in [0.3, 0.4) is 0 Å². The normalized spacial score (nSPS) is 12.6. The highest BCUT2D eigenvalue weighted by molar-refractivity contribution is 7.12. The van der Waals surface area contributed by atoms with E-state index in [2.05, 4.69) is 15.6 Å². The Hall–Kier alpha value is -3.99. The second kappa shape index (κ2) is 10.3. The van der Waals surface area contributed by atoms with Crippen LogP contribution in [-0.2, 0) is 11.3 Å². The van der Waals surface area contributed by atoms with Crippen molar-refractivity contribution in [1.82, 2.24) is 15.6 Å². The van der Waals surface area contributed by atoms with Crippen molar-refractivity contribution < 1.29 is 24.3 Å². The molecule has 1 atom stereocenters. The Kier molecular flexibility index (Phi) is 7.20. The maximum Gasteiger partial charge on any atom is 0.341 e. The summed E-state index contributed by atoms with van der Waals surface area (Å²) in [6.07, 6.45) is 1.83. The van der Waals surface area contributed by atoms with Gasteiger partial charge in [-0.05, 0) is 29.8 Å². The number of fused-ring (bicyclic) bond motifs is 1. The number of aromatic nitrogens is 1.